The monoisotopic (exact) mass is 253 g/mol. The third kappa shape index (κ3) is 5.65. The number of hydrogen-bond donors (Lipinski definition) is 1. The summed E-state index contributed by atoms with van der Waals surface area (Å²) in [4.78, 5) is 11.5. The summed E-state index contributed by atoms with van der Waals surface area (Å²) in [5.41, 5.74) is 0. The first-order chi connectivity index (χ1) is 8.76. The van der Waals surface area contributed by atoms with Crippen molar-refractivity contribution in [3.05, 3.63) is 30.3 Å². The Hall–Kier alpha value is -1.59. The van der Waals surface area contributed by atoms with Crippen LogP contribution in [0, 0.1) is 0 Å². The minimum absolute atomic E-state index is 0.0926. The molecule has 0 saturated carbocycles. The minimum Gasteiger partial charge on any atom is -0.493 e. The van der Waals surface area contributed by atoms with Crippen LogP contribution in [0.3, 0.4) is 0 Å². The van der Waals surface area contributed by atoms with E-state index in [-0.39, 0.29) is 5.91 Å². The van der Waals surface area contributed by atoms with E-state index in [0.29, 0.717) is 19.6 Å². The Balaban J connectivity index is 2.14. The van der Waals surface area contributed by atoms with E-state index in [9.17, 15) is 4.79 Å². The number of benzene rings is 1. The standard InChI is InChI=1S/C13H19NO4/c1-16-13(17-2)10-14-12(15)8-9-18-11-6-4-3-5-7-11/h3-7,13H,8-10H2,1-2H3,(H,14,15). The second-order valence-corrected chi connectivity index (χ2v) is 3.62. The highest BCUT2D eigenvalue weighted by Crippen LogP contribution is 2.08. The molecule has 100 valence electrons. The predicted molar refractivity (Wildman–Crippen MR) is 67.4 cm³/mol. The second-order valence-electron chi connectivity index (χ2n) is 3.62. The number of rotatable bonds is 8. The smallest absolute Gasteiger partial charge is 0.223 e. The highest BCUT2D eigenvalue weighted by molar-refractivity contribution is 5.75. The van der Waals surface area contributed by atoms with E-state index in [1.165, 1.54) is 14.2 Å². The van der Waals surface area contributed by atoms with Crippen molar-refractivity contribution in [1.82, 2.24) is 5.32 Å². The zero-order valence-electron chi connectivity index (χ0n) is 10.7. The van der Waals surface area contributed by atoms with Crippen LogP contribution < -0.4 is 10.1 Å². The van der Waals surface area contributed by atoms with Crippen molar-refractivity contribution in [1.29, 1.82) is 0 Å². The van der Waals surface area contributed by atoms with Crippen LogP contribution in [0.1, 0.15) is 6.42 Å². The van der Waals surface area contributed by atoms with Crippen LogP contribution in [0.25, 0.3) is 0 Å². The molecular weight excluding hydrogens is 234 g/mol. The molecule has 0 radical (unpaired) electrons. The zero-order chi connectivity index (χ0) is 13.2. The number of amides is 1. The van der Waals surface area contributed by atoms with Crippen LogP contribution >= 0.6 is 0 Å². The lowest BCUT2D eigenvalue weighted by atomic mass is 10.3. The summed E-state index contributed by atoms with van der Waals surface area (Å²) in [7, 11) is 3.05. The van der Waals surface area contributed by atoms with Gasteiger partial charge in [0.15, 0.2) is 6.29 Å². The predicted octanol–water partition coefficient (Wildman–Crippen LogP) is 1.19. The quantitative estimate of drug-likeness (QED) is 0.707. The molecule has 1 rings (SSSR count). The fraction of sp³-hybridized carbons (Fsp3) is 0.462. The average Bonchev–Trinajstić information content (AvgIpc) is 2.41. The molecule has 0 atom stereocenters. The molecule has 0 saturated heterocycles. The van der Waals surface area contributed by atoms with E-state index in [1.807, 2.05) is 30.3 Å². The molecule has 1 aromatic rings. The van der Waals surface area contributed by atoms with E-state index >= 15 is 0 Å². The molecular formula is C13H19NO4. The lowest BCUT2D eigenvalue weighted by molar-refractivity contribution is -0.127. The number of methoxy groups -OCH3 is 2. The van der Waals surface area contributed by atoms with Crippen LogP contribution in [0.15, 0.2) is 30.3 Å². The molecule has 18 heavy (non-hydrogen) atoms. The van der Waals surface area contributed by atoms with Gasteiger partial charge >= 0.3 is 0 Å². The highest BCUT2D eigenvalue weighted by Gasteiger charge is 2.07. The average molecular weight is 253 g/mol. The van der Waals surface area contributed by atoms with Crippen LogP contribution in [0.2, 0.25) is 0 Å². The van der Waals surface area contributed by atoms with Gasteiger partial charge in [-0.15, -0.1) is 0 Å². The molecule has 5 nitrogen and oxygen atoms in total. The van der Waals surface area contributed by atoms with Gasteiger partial charge in [0.25, 0.3) is 0 Å². The molecule has 0 fully saturated rings. The van der Waals surface area contributed by atoms with Crippen LogP contribution in [-0.4, -0.2) is 39.6 Å². The first-order valence-corrected chi connectivity index (χ1v) is 5.76. The van der Waals surface area contributed by atoms with E-state index in [0.717, 1.165) is 5.75 Å². The number of ether oxygens (including phenoxy) is 3. The summed E-state index contributed by atoms with van der Waals surface area (Å²) in [6, 6.07) is 9.39. The summed E-state index contributed by atoms with van der Waals surface area (Å²) in [6.45, 7) is 0.678. The second kappa shape index (κ2) is 8.49. The molecule has 0 aliphatic heterocycles. The maximum atomic E-state index is 11.5. The number of para-hydroxylation sites is 1. The van der Waals surface area contributed by atoms with Gasteiger partial charge in [-0.2, -0.15) is 0 Å². The largest absolute Gasteiger partial charge is 0.493 e. The van der Waals surface area contributed by atoms with Gasteiger partial charge in [-0.25, -0.2) is 0 Å². The third-order valence-corrected chi connectivity index (χ3v) is 2.33. The maximum Gasteiger partial charge on any atom is 0.223 e. The van der Waals surface area contributed by atoms with Crippen molar-refractivity contribution < 1.29 is 19.0 Å². The molecule has 0 unspecified atom stereocenters. The van der Waals surface area contributed by atoms with Gasteiger partial charge in [-0.1, -0.05) is 18.2 Å². The van der Waals surface area contributed by atoms with Gasteiger partial charge in [0.1, 0.15) is 5.75 Å². The Bertz CT molecular complexity index is 338. The Kier molecular flexibility index (Phi) is 6.83. The Morgan fingerprint density at radius 2 is 1.89 bits per heavy atom. The lowest BCUT2D eigenvalue weighted by Crippen LogP contribution is -2.34. The molecule has 1 amide bonds. The van der Waals surface area contributed by atoms with Crippen LogP contribution in [0.5, 0.6) is 5.75 Å². The first-order valence-electron chi connectivity index (χ1n) is 5.76. The molecule has 5 heteroatoms. The van der Waals surface area contributed by atoms with Crippen LogP contribution in [0.4, 0.5) is 0 Å². The molecule has 0 aliphatic rings. The SMILES string of the molecule is COC(CNC(=O)CCOc1ccccc1)OC. The van der Waals surface area contributed by atoms with Crippen molar-refractivity contribution in [2.45, 2.75) is 12.7 Å². The molecule has 0 aliphatic carbocycles. The normalized spacial score (nSPS) is 10.4. The summed E-state index contributed by atoms with van der Waals surface area (Å²) in [6.07, 6.45) is -0.112. The Morgan fingerprint density at radius 1 is 1.22 bits per heavy atom. The third-order valence-electron chi connectivity index (χ3n) is 2.33. The van der Waals surface area contributed by atoms with E-state index in [4.69, 9.17) is 14.2 Å². The zero-order valence-corrected chi connectivity index (χ0v) is 10.7. The lowest BCUT2D eigenvalue weighted by Gasteiger charge is -2.14. The summed E-state index contributed by atoms with van der Waals surface area (Å²) < 4.78 is 15.3. The summed E-state index contributed by atoms with van der Waals surface area (Å²) >= 11 is 0. The number of hydrogen-bond acceptors (Lipinski definition) is 4. The van der Waals surface area contributed by atoms with E-state index < -0.39 is 6.29 Å². The first kappa shape index (κ1) is 14.5. The molecule has 0 heterocycles. The van der Waals surface area contributed by atoms with Crippen molar-refractivity contribution in [2.24, 2.45) is 0 Å². The Morgan fingerprint density at radius 3 is 2.50 bits per heavy atom. The number of carbonyl (C=O) groups is 1. The van der Waals surface area contributed by atoms with Crippen molar-refractivity contribution in [2.75, 3.05) is 27.4 Å². The van der Waals surface area contributed by atoms with Crippen LogP contribution in [-0.2, 0) is 14.3 Å². The van der Waals surface area contributed by atoms with Gasteiger partial charge in [-0.3, -0.25) is 4.79 Å². The number of nitrogens with one attached hydrogen (secondary N) is 1. The molecule has 1 aromatic carbocycles. The van der Waals surface area contributed by atoms with Gasteiger partial charge in [0.05, 0.1) is 19.6 Å². The molecule has 0 bridgehead atoms. The van der Waals surface area contributed by atoms with Gasteiger partial charge < -0.3 is 19.5 Å². The fourth-order valence-corrected chi connectivity index (χ4v) is 1.33. The van der Waals surface area contributed by atoms with Gasteiger partial charge in [0, 0.05) is 14.2 Å². The van der Waals surface area contributed by atoms with Gasteiger partial charge in [0.2, 0.25) is 5.91 Å². The molecule has 0 spiro atoms. The van der Waals surface area contributed by atoms with E-state index in [1.54, 1.807) is 0 Å². The minimum atomic E-state index is -0.413. The Labute approximate surface area is 107 Å². The topological polar surface area (TPSA) is 56.8 Å². The van der Waals surface area contributed by atoms with Crippen molar-refractivity contribution in [3.63, 3.8) is 0 Å². The van der Waals surface area contributed by atoms with Crippen molar-refractivity contribution in [3.8, 4) is 5.75 Å². The van der Waals surface area contributed by atoms with E-state index in [2.05, 4.69) is 5.32 Å². The molecule has 0 aromatic heterocycles. The summed E-state index contributed by atoms with van der Waals surface area (Å²) in [5, 5.41) is 2.70. The number of carbonyl (C=O) groups excluding carboxylic acids is 1. The fourth-order valence-electron chi connectivity index (χ4n) is 1.33. The van der Waals surface area contributed by atoms with Gasteiger partial charge in [-0.05, 0) is 12.1 Å². The molecule has 1 N–H and O–H groups in total. The summed E-state index contributed by atoms with van der Waals surface area (Å²) in [5.74, 6) is 0.669. The van der Waals surface area contributed by atoms with Crippen molar-refractivity contribution >= 4 is 5.91 Å². The maximum absolute atomic E-state index is 11.5. The highest BCUT2D eigenvalue weighted by atomic mass is 16.7.